The average Bonchev–Trinajstić information content (AvgIpc) is 3.31. The Labute approximate surface area is 172 Å². The van der Waals surface area contributed by atoms with Gasteiger partial charge >= 0.3 is 5.91 Å². The minimum absolute atomic E-state index is 0.173. The van der Waals surface area contributed by atoms with Crippen molar-refractivity contribution in [3.8, 4) is 11.4 Å². The molecule has 2 aromatic carbocycles. The second-order valence-electron chi connectivity index (χ2n) is 6.47. The van der Waals surface area contributed by atoms with Crippen molar-refractivity contribution in [2.45, 2.75) is 6.92 Å². The van der Waals surface area contributed by atoms with Crippen molar-refractivity contribution in [2.24, 2.45) is 5.10 Å². The predicted molar refractivity (Wildman–Crippen MR) is 113 cm³/mol. The van der Waals surface area contributed by atoms with Crippen molar-refractivity contribution in [3.63, 3.8) is 0 Å². The summed E-state index contributed by atoms with van der Waals surface area (Å²) in [6.45, 7) is 2.00. The number of methoxy groups -OCH3 is 1. The van der Waals surface area contributed by atoms with E-state index in [1.165, 1.54) is 0 Å². The molecule has 0 aliphatic rings. The summed E-state index contributed by atoms with van der Waals surface area (Å²) in [5, 5.41) is 5.38. The van der Waals surface area contributed by atoms with Crippen molar-refractivity contribution >= 4 is 34.7 Å². The van der Waals surface area contributed by atoms with Gasteiger partial charge in [-0.05, 0) is 61.5 Å². The first-order valence-electron chi connectivity index (χ1n) is 8.89. The molecule has 0 spiro atoms. The van der Waals surface area contributed by atoms with Crippen LogP contribution in [0.5, 0.6) is 5.75 Å². The smallest absolute Gasteiger partial charge is 0.307 e. The lowest BCUT2D eigenvalue weighted by Crippen LogP contribution is -2.16. The molecule has 0 bridgehead atoms. The fourth-order valence-electron chi connectivity index (χ4n) is 3.04. The maximum absolute atomic E-state index is 12.3. The van der Waals surface area contributed by atoms with Crippen LogP contribution >= 0.6 is 11.6 Å². The number of furan rings is 1. The molecule has 0 saturated carbocycles. The third-order valence-electron chi connectivity index (χ3n) is 4.47. The molecule has 0 saturated heterocycles. The monoisotopic (exact) mass is 407 g/mol. The number of ether oxygens (including phenoxy) is 1. The lowest BCUT2D eigenvalue weighted by atomic mass is 10.2. The molecule has 4 aromatic rings. The molecule has 0 aliphatic heterocycles. The quantitative estimate of drug-likeness (QED) is 0.375. The number of hydrogen-bond donors (Lipinski definition) is 1. The van der Waals surface area contributed by atoms with Crippen LogP contribution in [0.1, 0.15) is 21.8 Å². The number of nitrogens with one attached hydrogen (secondary N) is 1. The Bertz CT molecular complexity index is 1210. The number of aromatic nitrogens is 1. The number of halogens is 1. The molecule has 6 nitrogen and oxygen atoms in total. The van der Waals surface area contributed by atoms with Gasteiger partial charge in [0.05, 0.1) is 13.3 Å². The van der Waals surface area contributed by atoms with Gasteiger partial charge in [0.2, 0.25) is 0 Å². The maximum Gasteiger partial charge on any atom is 0.307 e. The second kappa shape index (κ2) is 7.85. The van der Waals surface area contributed by atoms with E-state index in [0.29, 0.717) is 10.6 Å². The van der Waals surface area contributed by atoms with Crippen LogP contribution in [-0.4, -0.2) is 23.8 Å². The molecule has 4 rings (SSSR count). The lowest BCUT2D eigenvalue weighted by Gasteiger charge is -2.06. The molecule has 2 heterocycles. The van der Waals surface area contributed by atoms with Crippen LogP contribution in [-0.2, 0) is 0 Å². The first kappa shape index (κ1) is 18.8. The zero-order valence-corrected chi connectivity index (χ0v) is 16.6. The van der Waals surface area contributed by atoms with E-state index in [9.17, 15) is 4.79 Å². The second-order valence-corrected chi connectivity index (χ2v) is 6.91. The Kier molecular flexibility index (Phi) is 5.10. The van der Waals surface area contributed by atoms with Crippen LogP contribution < -0.4 is 10.2 Å². The first-order valence-corrected chi connectivity index (χ1v) is 9.27. The largest absolute Gasteiger partial charge is 0.497 e. The molecule has 7 heteroatoms. The summed E-state index contributed by atoms with van der Waals surface area (Å²) in [7, 11) is 1.64. The summed E-state index contributed by atoms with van der Waals surface area (Å²) >= 11 is 5.96. The highest BCUT2D eigenvalue weighted by Gasteiger charge is 2.12. The van der Waals surface area contributed by atoms with E-state index in [0.717, 1.165) is 28.1 Å². The number of hydrogen-bond acceptors (Lipinski definition) is 4. The number of nitrogens with zero attached hydrogens (tertiary/aromatic N) is 2. The maximum atomic E-state index is 12.3. The van der Waals surface area contributed by atoms with Gasteiger partial charge in [0, 0.05) is 33.6 Å². The summed E-state index contributed by atoms with van der Waals surface area (Å²) in [4.78, 5) is 12.3. The summed E-state index contributed by atoms with van der Waals surface area (Å²) in [5.74, 6) is 0.544. The number of carbonyl (C=O) groups is 1. The fraction of sp³-hybridized carbons (Fsp3) is 0.0909. The zero-order chi connectivity index (χ0) is 20.4. The first-order chi connectivity index (χ1) is 14.0. The van der Waals surface area contributed by atoms with Gasteiger partial charge in [0.25, 0.3) is 0 Å². The molecule has 1 amide bonds. The minimum Gasteiger partial charge on any atom is -0.497 e. The highest BCUT2D eigenvalue weighted by atomic mass is 35.5. The predicted octanol–water partition coefficient (Wildman–Crippen LogP) is 4.96. The van der Waals surface area contributed by atoms with Crippen LogP contribution in [0.15, 0.2) is 70.3 Å². The number of hydrazone groups is 1. The Morgan fingerprint density at radius 1 is 1.17 bits per heavy atom. The fourth-order valence-corrected chi connectivity index (χ4v) is 3.22. The minimum atomic E-state index is -0.431. The van der Waals surface area contributed by atoms with Gasteiger partial charge in [-0.2, -0.15) is 5.10 Å². The van der Waals surface area contributed by atoms with Crippen molar-refractivity contribution in [1.29, 1.82) is 0 Å². The van der Waals surface area contributed by atoms with Gasteiger partial charge < -0.3 is 13.7 Å². The van der Waals surface area contributed by atoms with E-state index < -0.39 is 5.91 Å². The Hall–Kier alpha value is -3.51. The van der Waals surface area contributed by atoms with Crippen molar-refractivity contribution in [3.05, 3.63) is 82.8 Å². The van der Waals surface area contributed by atoms with Crippen LogP contribution in [0.2, 0.25) is 5.02 Å². The molecule has 0 radical (unpaired) electrons. The van der Waals surface area contributed by atoms with Crippen molar-refractivity contribution < 1.29 is 13.9 Å². The van der Waals surface area contributed by atoms with Crippen molar-refractivity contribution in [1.82, 2.24) is 9.99 Å². The summed E-state index contributed by atoms with van der Waals surface area (Å²) < 4.78 is 12.8. The van der Waals surface area contributed by atoms with Gasteiger partial charge in [-0.1, -0.05) is 11.6 Å². The van der Waals surface area contributed by atoms with Crippen LogP contribution in [0.25, 0.3) is 16.7 Å². The topological polar surface area (TPSA) is 68.8 Å². The summed E-state index contributed by atoms with van der Waals surface area (Å²) in [5.41, 5.74) is 5.98. The molecule has 0 unspecified atom stereocenters. The molecule has 2 aromatic heterocycles. The van der Waals surface area contributed by atoms with Crippen LogP contribution in [0.4, 0.5) is 0 Å². The van der Waals surface area contributed by atoms with Gasteiger partial charge in [0.15, 0.2) is 5.76 Å². The zero-order valence-electron chi connectivity index (χ0n) is 15.8. The standard InChI is InChI=1S/C22H18ClN3O3/c1-14-9-15(13-26(14)18-4-6-19(28-2)7-5-18)12-24-25-22(27)21-11-16-10-17(23)3-8-20(16)29-21/h3-13H,1-2H3,(H,25,27)/b24-12-. The molecular formula is C22H18ClN3O3. The Morgan fingerprint density at radius 3 is 2.72 bits per heavy atom. The molecule has 146 valence electrons. The van der Waals surface area contributed by atoms with E-state index in [-0.39, 0.29) is 5.76 Å². The molecule has 0 atom stereocenters. The van der Waals surface area contributed by atoms with Crippen LogP contribution in [0.3, 0.4) is 0 Å². The van der Waals surface area contributed by atoms with Crippen LogP contribution in [0, 0.1) is 6.92 Å². The molecule has 0 fully saturated rings. The van der Waals surface area contributed by atoms with Gasteiger partial charge in [-0.25, -0.2) is 5.43 Å². The number of benzene rings is 2. The highest BCUT2D eigenvalue weighted by molar-refractivity contribution is 6.31. The summed E-state index contributed by atoms with van der Waals surface area (Å²) in [6.07, 6.45) is 3.53. The molecule has 0 aliphatic carbocycles. The third kappa shape index (κ3) is 4.02. The summed E-state index contributed by atoms with van der Waals surface area (Å²) in [6, 6.07) is 16.5. The van der Waals surface area contributed by atoms with Gasteiger partial charge in [-0.3, -0.25) is 4.79 Å². The van der Waals surface area contributed by atoms with Gasteiger partial charge in [-0.15, -0.1) is 0 Å². The molecule has 29 heavy (non-hydrogen) atoms. The molecule has 1 N–H and O–H groups in total. The van der Waals surface area contributed by atoms with E-state index in [1.807, 2.05) is 48.0 Å². The van der Waals surface area contributed by atoms with E-state index >= 15 is 0 Å². The highest BCUT2D eigenvalue weighted by Crippen LogP contribution is 2.23. The Balaban J connectivity index is 1.46. The number of rotatable bonds is 5. The number of amides is 1. The van der Waals surface area contributed by atoms with E-state index in [1.54, 1.807) is 37.6 Å². The average molecular weight is 408 g/mol. The van der Waals surface area contributed by atoms with Gasteiger partial charge in [0.1, 0.15) is 11.3 Å². The number of aryl methyl sites for hydroxylation is 1. The number of fused-ring (bicyclic) bond motifs is 1. The Morgan fingerprint density at radius 2 is 1.97 bits per heavy atom. The number of carbonyl (C=O) groups excluding carboxylic acids is 1. The van der Waals surface area contributed by atoms with E-state index in [4.69, 9.17) is 20.8 Å². The van der Waals surface area contributed by atoms with E-state index in [2.05, 4.69) is 10.5 Å². The normalized spacial score (nSPS) is 11.3. The van der Waals surface area contributed by atoms with Crippen molar-refractivity contribution in [2.75, 3.05) is 7.11 Å². The SMILES string of the molecule is COc1ccc(-n2cc(/C=N\NC(=O)c3cc4cc(Cl)ccc4o3)cc2C)cc1. The third-order valence-corrected chi connectivity index (χ3v) is 4.70. The molecular weight excluding hydrogens is 390 g/mol. The lowest BCUT2D eigenvalue weighted by molar-refractivity contribution is 0.0929.